The standard InChI is InChI=1S/C21H21ClN4O2/c1-12-9-13(2)19(14(3)10-12)26-20(27)16-7-8-23-21(24-16)25-17-11-15(22)5-6-18(17)28-4/h5-11H,1-4H3,(H,26,27)(H,23,24,25). The van der Waals surface area contributed by atoms with Crippen molar-refractivity contribution in [2.24, 2.45) is 0 Å². The van der Waals surface area contributed by atoms with Crippen molar-refractivity contribution < 1.29 is 9.53 Å². The van der Waals surface area contributed by atoms with Gasteiger partial charge < -0.3 is 15.4 Å². The molecule has 0 spiro atoms. The zero-order chi connectivity index (χ0) is 20.3. The van der Waals surface area contributed by atoms with Crippen molar-refractivity contribution in [1.29, 1.82) is 0 Å². The fourth-order valence-corrected chi connectivity index (χ4v) is 3.17. The quantitative estimate of drug-likeness (QED) is 0.630. The summed E-state index contributed by atoms with van der Waals surface area (Å²) in [5.41, 5.74) is 4.80. The number of methoxy groups -OCH3 is 1. The molecule has 2 aromatic carbocycles. The molecule has 0 unspecified atom stereocenters. The predicted octanol–water partition coefficient (Wildman–Crippen LogP) is 5.06. The van der Waals surface area contributed by atoms with Crippen LogP contribution in [-0.4, -0.2) is 23.0 Å². The first-order valence-electron chi connectivity index (χ1n) is 8.70. The van der Waals surface area contributed by atoms with Gasteiger partial charge in [-0.15, -0.1) is 0 Å². The van der Waals surface area contributed by atoms with E-state index in [4.69, 9.17) is 16.3 Å². The molecule has 144 valence electrons. The van der Waals surface area contributed by atoms with Gasteiger partial charge >= 0.3 is 0 Å². The SMILES string of the molecule is COc1ccc(Cl)cc1Nc1nccc(C(=O)Nc2c(C)cc(C)cc2C)n1. The molecule has 0 fully saturated rings. The fraction of sp³-hybridized carbons (Fsp3) is 0.190. The molecule has 0 bridgehead atoms. The van der Waals surface area contributed by atoms with Gasteiger partial charge in [-0.3, -0.25) is 4.79 Å². The van der Waals surface area contributed by atoms with Crippen LogP contribution in [0, 0.1) is 20.8 Å². The summed E-state index contributed by atoms with van der Waals surface area (Å²) in [7, 11) is 1.56. The minimum Gasteiger partial charge on any atom is -0.495 e. The number of carbonyl (C=O) groups excluding carboxylic acids is 1. The number of anilines is 3. The van der Waals surface area contributed by atoms with Crippen LogP contribution in [0.1, 0.15) is 27.2 Å². The summed E-state index contributed by atoms with van der Waals surface area (Å²) >= 11 is 6.05. The lowest BCUT2D eigenvalue weighted by atomic mass is 10.1. The minimum atomic E-state index is -0.307. The number of benzene rings is 2. The third kappa shape index (κ3) is 4.40. The summed E-state index contributed by atoms with van der Waals surface area (Å²) in [6, 6.07) is 10.8. The number of aromatic nitrogens is 2. The number of nitrogens with zero attached hydrogens (tertiary/aromatic N) is 2. The molecule has 6 nitrogen and oxygen atoms in total. The molecule has 7 heteroatoms. The van der Waals surface area contributed by atoms with Crippen LogP contribution in [0.2, 0.25) is 5.02 Å². The number of rotatable bonds is 5. The molecule has 0 aliphatic heterocycles. The largest absolute Gasteiger partial charge is 0.495 e. The van der Waals surface area contributed by atoms with Crippen LogP contribution < -0.4 is 15.4 Å². The second-order valence-corrected chi connectivity index (χ2v) is 6.90. The first-order valence-corrected chi connectivity index (χ1v) is 9.08. The van der Waals surface area contributed by atoms with E-state index in [-0.39, 0.29) is 17.5 Å². The summed E-state index contributed by atoms with van der Waals surface area (Å²) in [4.78, 5) is 21.2. The van der Waals surface area contributed by atoms with Crippen LogP contribution in [0.3, 0.4) is 0 Å². The van der Waals surface area contributed by atoms with Gasteiger partial charge in [0.2, 0.25) is 5.95 Å². The average molecular weight is 397 g/mol. The Kier molecular flexibility index (Phi) is 5.80. The van der Waals surface area contributed by atoms with Crippen molar-refractivity contribution in [3.63, 3.8) is 0 Å². The summed E-state index contributed by atoms with van der Waals surface area (Å²) in [5, 5.41) is 6.53. The molecule has 1 amide bonds. The molecule has 1 aromatic heterocycles. The fourth-order valence-electron chi connectivity index (χ4n) is 3.00. The Balaban J connectivity index is 1.84. The van der Waals surface area contributed by atoms with Crippen molar-refractivity contribution >= 4 is 34.8 Å². The molecule has 0 saturated heterocycles. The first-order chi connectivity index (χ1) is 13.4. The van der Waals surface area contributed by atoms with Gasteiger partial charge in [0.1, 0.15) is 11.4 Å². The predicted molar refractivity (Wildman–Crippen MR) is 112 cm³/mol. The Bertz CT molecular complexity index is 1010. The van der Waals surface area contributed by atoms with Crippen LogP contribution >= 0.6 is 11.6 Å². The van der Waals surface area contributed by atoms with E-state index in [2.05, 4.69) is 20.6 Å². The molecule has 0 radical (unpaired) electrons. The van der Waals surface area contributed by atoms with Crippen molar-refractivity contribution in [3.8, 4) is 5.75 Å². The molecule has 3 aromatic rings. The molecule has 0 saturated carbocycles. The number of ether oxygens (including phenoxy) is 1. The number of nitrogens with one attached hydrogen (secondary N) is 2. The van der Waals surface area contributed by atoms with Crippen LogP contribution in [0.4, 0.5) is 17.3 Å². The monoisotopic (exact) mass is 396 g/mol. The highest BCUT2D eigenvalue weighted by Gasteiger charge is 2.13. The minimum absolute atomic E-state index is 0.248. The molecular formula is C21H21ClN4O2. The third-order valence-electron chi connectivity index (χ3n) is 4.21. The van der Waals surface area contributed by atoms with Gasteiger partial charge in [-0.1, -0.05) is 29.3 Å². The Morgan fingerprint density at radius 3 is 2.46 bits per heavy atom. The van der Waals surface area contributed by atoms with E-state index >= 15 is 0 Å². The number of halogens is 1. The second kappa shape index (κ2) is 8.27. The van der Waals surface area contributed by atoms with E-state index < -0.39 is 0 Å². The number of carbonyl (C=O) groups is 1. The van der Waals surface area contributed by atoms with Gasteiger partial charge in [-0.25, -0.2) is 9.97 Å². The average Bonchev–Trinajstić information content (AvgIpc) is 2.65. The summed E-state index contributed by atoms with van der Waals surface area (Å²) in [5.74, 6) is 0.554. The highest BCUT2D eigenvalue weighted by Crippen LogP contribution is 2.29. The lowest BCUT2D eigenvalue weighted by molar-refractivity contribution is 0.102. The lowest BCUT2D eigenvalue weighted by Crippen LogP contribution is -2.16. The summed E-state index contributed by atoms with van der Waals surface area (Å²) < 4.78 is 5.31. The normalized spacial score (nSPS) is 10.5. The van der Waals surface area contributed by atoms with E-state index in [1.807, 2.05) is 32.9 Å². The Morgan fingerprint density at radius 1 is 1.07 bits per heavy atom. The van der Waals surface area contributed by atoms with E-state index in [1.165, 1.54) is 6.20 Å². The third-order valence-corrected chi connectivity index (χ3v) is 4.45. The summed E-state index contributed by atoms with van der Waals surface area (Å²) in [6.07, 6.45) is 1.52. The zero-order valence-corrected chi connectivity index (χ0v) is 16.9. The van der Waals surface area contributed by atoms with E-state index in [9.17, 15) is 4.79 Å². The highest BCUT2D eigenvalue weighted by molar-refractivity contribution is 6.31. The Labute approximate surface area is 168 Å². The van der Waals surface area contributed by atoms with Gasteiger partial charge in [0.05, 0.1) is 12.8 Å². The zero-order valence-electron chi connectivity index (χ0n) is 16.1. The molecule has 1 heterocycles. The smallest absolute Gasteiger partial charge is 0.274 e. The number of amides is 1. The summed E-state index contributed by atoms with van der Waals surface area (Å²) in [6.45, 7) is 5.96. The Hall–Kier alpha value is -3.12. The van der Waals surface area contributed by atoms with E-state index in [0.717, 1.165) is 22.4 Å². The van der Waals surface area contributed by atoms with Gasteiger partial charge in [0.25, 0.3) is 5.91 Å². The molecule has 28 heavy (non-hydrogen) atoms. The van der Waals surface area contributed by atoms with Crippen LogP contribution in [0.15, 0.2) is 42.6 Å². The van der Waals surface area contributed by atoms with Crippen LogP contribution in [0.25, 0.3) is 0 Å². The molecule has 2 N–H and O–H groups in total. The maximum absolute atomic E-state index is 12.7. The molecule has 0 aliphatic carbocycles. The lowest BCUT2D eigenvalue weighted by Gasteiger charge is -2.13. The number of hydrogen-bond donors (Lipinski definition) is 2. The van der Waals surface area contributed by atoms with Crippen molar-refractivity contribution in [3.05, 3.63) is 70.0 Å². The van der Waals surface area contributed by atoms with E-state index in [1.54, 1.807) is 31.4 Å². The van der Waals surface area contributed by atoms with Gasteiger partial charge in [0, 0.05) is 16.9 Å². The molecule has 0 atom stereocenters. The first kappa shape index (κ1) is 19.6. The number of hydrogen-bond acceptors (Lipinski definition) is 5. The second-order valence-electron chi connectivity index (χ2n) is 6.46. The van der Waals surface area contributed by atoms with Gasteiger partial charge in [0.15, 0.2) is 0 Å². The molecular weight excluding hydrogens is 376 g/mol. The molecule has 3 rings (SSSR count). The maximum atomic E-state index is 12.7. The van der Waals surface area contributed by atoms with Gasteiger partial charge in [-0.05, 0) is 56.2 Å². The Morgan fingerprint density at radius 2 is 1.79 bits per heavy atom. The van der Waals surface area contributed by atoms with Crippen molar-refractivity contribution in [2.45, 2.75) is 20.8 Å². The van der Waals surface area contributed by atoms with Gasteiger partial charge in [-0.2, -0.15) is 0 Å². The maximum Gasteiger partial charge on any atom is 0.274 e. The van der Waals surface area contributed by atoms with Crippen molar-refractivity contribution in [1.82, 2.24) is 9.97 Å². The van der Waals surface area contributed by atoms with Crippen LogP contribution in [0.5, 0.6) is 5.75 Å². The molecule has 0 aliphatic rings. The van der Waals surface area contributed by atoms with Crippen molar-refractivity contribution in [2.75, 3.05) is 17.7 Å². The van der Waals surface area contributed by atoms with Crippen LogP contribution in [-0.2, 0) is 0 Å². The topological polar surface area (TPSA) is 76.1 Å². The van der Waals surface area contributed by atoms with E-state index in [0.29, 0.717) is 16.5 Å². The highest BCUT2D eigenvalue weighted by atomic mass is 35.5. The number of aryl methyl sites for hydroxylation is 3.